The maximum atomic E-state index is 11.2. The fourth-order valence-corrected chi connectivity index (χ4v) is 2.09. The fraction of sp³-hybridized carbons (Fsp3) is 0.188. The average molecular weight is 240 g/mol. The van der Waals surface area contributed by atoms with E-state index in [1.54, 1.807) is 12.1 Å². The number of benzene rings is 2. The van der Waals surface area contributed by atoms with Crippen LogP contribution in [0.4, 0.5) is 0 Å². The van der Waals surface area contributed by atoms with Gasteiger partial charge in [0.15, 0.2) is 0 Å². The van der Waals surface area contributed by atoms with E-state index in [0.29, 0.717) is 12.0 Å². The number of carboxylic acids is 1. The molecule has 0 aliphatic rings. The summed E-state index contributed by atoms with van der Waals surface area (Å²) in [5.41, 5.74) is 4.90. The van der Waals surface area contributed by atoms with Crippen molar-refractivity contribution in [2.24, 2.45) is 0 Å². The van der Waals surface area contributed by atoms with Crippen molar-refractivity contribution in [1.82, 2.24) is 0 Å². The Balaban J connectivity index is 2.40. The second-order valence-corrected chi connectivity index (χ2v) is 4.50. The van der Waals surface area contributed by atoms with Gasteiger partial charge < -0.3 is 5.11 Å². The lowest BCUT2D eigenvalue weighted by molar-refractivity contribution is 0.0696. The molecule has 0 amide bonds. The van der Waals surface area contributed by atoms with E-state index in [1.807, 2.05) is 18.2 Å². The van der Waals surface area contributed by atoms with Crippen LogP contribution < -0.4 is 0 Å². The number of aromatic carboxylic acids is 1. The Morgan fingerprint density at radius 1 is 1.00 bits per heavy atom. The van der Waals surface area contributed by atoms with Crippen molar-refractivity contribution >= 4 is 5.97 Å². The van der Waals surface area contributed by atoms with Crippen molar-refractivity contribution < 1.29 is 9.90 Å². The van der Waals surface area contributed by atoms with Gasteiger partial charge in [0.1, 0.15) is 0 Å². The molecule has 0 heterocycles. The first-order chi connectivity index (χ1) is 8.59. The number of rotatable bonds is 3. The van der Waals surface area contributed by atoms with Gasteiger partial charge in [-0.25, -0.2) is 4.79 Å². The van der Waals surface area contributed by atoms with E-state index in [-0.39, 0.29) is 0 Å². The van der Waals surface area contributed by atoms with E-state index in [2.05, 4.69) is 26.0 Å². The van der Waals surface area contributed by atoms with Crippen molar-refractivity contribution in [1.29, 1.82) is 0 Å². The van der Waals surface area contributed by atoms with Gasteiger partial charge in [-0.3, -0.25) is 0 Å². The SMILES string of the molecule is Cc1cccc(Cc2ccccc2C(=O)O)c1C. The van der Waals surface area contributed by atoms with E-state index >= 15 is 0 Å². The Morgan fingerprint density at radius 2 is 1.67 bits per heavy atom. The smallest absolute Gasteiger partial charge is 0.335 e. The van der Waals surface area contributed by atoms with Crippen LogP contribution in [0.5, 0.6) is 0 Å². The molecule has 0 fully saturated rings. The summed E-state index contributed by atoms with van der Waals surface area (Å²) in [7, 11) is 0. The summed E-state index contributed by atoms with van der Waals surface area (Å²) in [6.07, 6.45) is 0.663. The Bertz CT molecular complexity index is 585. The van der Waals surface area contributed by atoms with Crippen molar-refractivity contribution in [3.8, 4) is 0 Å². The maximum Gasteiger partial charge on any atom is 0.335 e. The molecular weight excluding hydrogens is 224 g/mol. The second kappa shape index (κ2) is 5.05. The molecule has 0 aromatic heterocycles. The number of hydrogen-bond acceptors (Lipinski definition) is 1. The van der Waals surface area contributed by atoms with E-state index in [0.717, 1.165) is 5.56 Å². The fourth-order valence-electron chi connectivity index (χ4n) is 2.09. The molecule has 18 heavy (non-hydrogen) atoms. The largest absolute Gasteiger partial charge is 0.478 e. The number of hydrogen-bond donors (Lipinski definition) is 1. The van der Waals surface area contributed by atoms with Crippen LogP contribution in [0.25, 0.3) is 0 Å². The van der Waals surface area contributed by atoms with Crippen LogP contribution in [0, 0.1) is 13.8 Å². The van der Waals surface area contributed by atoms with Gasteiger partial charge in [0.2, 0.25) is 0 Å². The molecule has 0 saturated heterocycles. The van der Waals surface area contributed by atoms with Gasteiger partial charge in [-0.15, -0.1) is 0 Å². The minimum atomic E-state index is -0.865. The quantitative estimate of drug-likeness (QED) is 0.890. The first-order valence-electron chi connectivity index (χ1n) is 5.96. The normalized spacial score (nSPS) is 10.3. The monoisotopic (exact) mass is 240 g/mol. The van der Waals surface area contributed by atoms with E-state index in [4.69, 9.17) is 5.11 Å². The van der Waals surface area contributed by atoms with Gasteiger partial charge in [-0.1, -0.05) is 36.4 Å². The highest BCUT2D eigenvalue weighted by Gasteiger charge is 2.10. The van der Waals surface area contributed by atoms with Crippen molar-refractivity contribution in [2.45, 2.75) is 20.3 Å². The zero-order valence-corrected chi connectivity index (χ0v) is 10.6. The van der Waals surface area contributed by atoms with E-state index < -0.39 is 5.97 Å². The number of carboxylic acid groups (broad SMARTS) is 1. The molecule has 92 valence electrons. The molecule has 0 bridgehead atoms. The molecule has 2 rings (SSSR count). The predicted molar refractivity (Wildman–Crippen MR) is 72.1 cm³/mol. The third-order valence-electron chi connectivity index (χ3n) is 3.35. The lowest BCUT2D eigenvalue weighted by atomic mass is 9.95. The zero-order valence-electron chi connectivity index (χ0n) is 10.6. The molecule has 0 atom stereocenters. The predicted octanol–water partition coefficient (Wildman–Crippen LogP) is 3.59. The standard InChI is InChI=1S/C16H16O2/c1-11-6-5-8-13(12(11)2)10-14-7-3-4-9-15(14)16(17)18/h3-9H,10H2,1-2H3,(H,17,18). The van der Waals surface area contributed by atoms with Gasteiger partial charge in [0, 0.05) is 0 Å². The Labute approximate surface area is 107 Å². The van der Waals surface area contributed by atoms with Gasteiger partial charge in [-0.05, 0) is 48.6 Å². The van der Waals surface area contributed by atoms with Gasteiger partial charge >= 0.3 is 5.97 Å². The summed E-state index contributed by atoms with van der Waals surface area (Å²) in [4.78, 5) is 11.2. The summed E-state index contributed by atoms with van der Waals surface area (Å²) in [5.74, 6) is -0.865. The maximum absolute atomic E-state index is 11.2. The van der Waals surface area contributed by atoms with Crippen molar-refractivity contribution in [3.63, 3.8) is 0 Å². The summed E-state index contributed by atoms with van der Waals surface area (Å²) in [5, 5.41) is 9.17. The van der Waals surface area contributed by atoms with E-state index in [1.165, 1.54) is 16.7 Å². The Kier molecular flexibility index (Phi) is 3.47. The first kappa shape index (κ1) is 12.4. The molecule has 2 aromatic carbocycles. The summed E-state index contributed by atoms with van der Waals surface area (Å²) in [6.45, 7) is 4.15. The minimum Gasteiger partial charge on any atom is -0.478 e. The Hall–Kier alpha value is -2.09. The topological polar surface area (TPSA) is 37.3 Å². The molecule has 2 nitrogen and oxygen atoms in total. The highest BCUT2D eigenvalue weighted by atomic mass is 16.4. The Morgan fingerprint density at radius 3 is 2.39 bits per heavy atom. The highest BCUT2D eigenvalue weighted by molar-refractivity contribution is 5.89. The van der Waals surface area contributed by atoms with Gasteiger partial charge in [-0.2, -0.15) is 0 Å². The van der Waals surface area contributed by atoms with Crippen molar-refractivity contribution in [2.75, 3.05) is 0 Å². The second-order valence-electron chi connectivity index (χ2n) is 4.50. The first-order valence-corrected chi connectivity index (χ1v) is 5.96. The van der Waals surface area contributed by atoms with Crippen LogP contribution in [0.15, 0.2) is 42.5 Å². The summed E-state index contributed by atoms with van der Waals surface area (Å²) < 4.78 is 0. The van der Waals surface area contributed by atoms with E-state index in [9.17, 15) is 4.79 Å². The number of aryl methyl sites for hydroxylation is 1. The van der Waals surface area contributed by atoms with Crippen LogP contribution >= 0.6 is 0 Å². The average Bonchev–Trinajstić information content (AvgIpc) is 2.35. The summed E-state index contributed by atoms with van der Waals surface area (Å²) in [6, 6.07) is 13.3. The molecule has 1 N–H and O–H groups in total. The molecule has 0 radical (unpaired) electrons. The molecule has 0 saturated carbocycles. The van der Waals surface area contributed by atoms with Crippen LogP contribution in [-0.4, -0.2) is 11.1 Å². The van der Waals surface area contributed by atoms with Gasteiger partial charge in [0.25, 0.3) is 0 Å². The molecule has 0 unspecified atom stereocenters. The zero-order chi connectivity index (χ0) is 13.1. The lowest BCUT2D eigenvalue weighted by Crippen LogP contribution is -2.03. The third-order valence-corrected chi connectivity index (χ3v) is 3.35. The van der Waals surface area contributed by atoms with Crippen LogP contribution in [0.3, 0.4) is 0 Å². The lowest BCUT2D eigenvalue weighted by Gasteiger charge is -2.10. The minimum absolute atomic E-state index is 0.387. The van der Waals surface area contributed by atoms with Crippen molar-refractivity contribution in [3.05, 3.63) is 70.3 Å². The molecule has 0 spiro atoms. The summed E-state index contributed by atoms with van der Waals surface area (Å²) >= 11 is 0. The number of carbonyl (C=O) groups is 1. The molecule has 2 aromatic rings. The highest BCUT2D eigenvalue weighted by Crippen LogP contribution is 2.19. The molecular formula is C16H16O2. The van der Waals surface area contributed by atoms with Crippen LogP contribution in [0.2, 0.25) is 0 Å². The van der Waals surface area contributed by atoms with Crippen LogP contribution in [-0.2, 0) is 6.42 Å². The molecule has 0 aliphatic carbocycles. The van der Waals surface area contributed by atoms with Crippen LogP contribution in [0.1, 0.15) is 32.6 Å². The third kappa shape index (κ3) is 2.43. The molecule has 0 aliphatic heterocycles. The molecule has 2 heteroatoms. The van der Waals surface area contributed by atoms with Gasteiger partial charge in [0.05, 0.1) is 5.56 Å².